The molecule has 2 N–H and O–H groups in total. The summed E-state index contributed by atoms with van der Waals surface area (Å²) >= 11 is 0. The summed E-state index contributed by atoms with van der Waals surface area (Å²) in [5.41, 5.74) is 0.809. The molecule has 0 aliphatic rings. The van der Waals surface area contributed by atoms with Crippen molar-refractivity contribution in [2.24, 2.45) is 0 Å². The van der Waals surface area contributed by atoms with E-state index in [-0.39, 0.29) is 11.3 Å². The lowest BCUT2D eigenvalue weighted by atomic mass is 10.0. The third-order valence-corrected chi connectivity index (χ3v) is 3.00. The van der Waals surface area contributed by atoms with Crippen molar-refractivity contribution in [2.45, 2.75) is 13.0 Å². The van der Waals surface area contributed by atoms with Gasteiger partial charge in [-0.1, -0.05) is 30.3 Å². The van der Waals surface area contributed by atoms with Crippen molar-refractivity contribution in [1.29, 1.82) is 0 Å². The highest BCUT2D eigenvalue weighted by Crippen LogP contribution is 2.21. The molecule has 0 fully saturated rings. The molecule has 4 nitrogen and oxygen atoms in total. The fourth-order valence-corrected chi connectivity index (χ4v) is 1.87. The molecule has 108 valence electrons. The highest BCUT2D eigenvalue weighted by Gasteiger charge is 2.18. The summed E-state index contributed by atoms with van der Waals surface area (Å²) in [4.78, 5) is 23.3. The Hall–Kier alpha value is -2.69. The normalized spacial score (nSPS) is 11.7. The van der Waals surface area contributed by atoms with Crippen LogP contribution >= 0.6 is 0 Å². The van der Waals surface area contributed by atoms with Crippen molar-refractivity contribution in [3.05, 3.63) is 65.5 Å². The number of carboxylic acids is 1. The molecule has 2 rings (SSSR count). The van der Waals surface area contributed by atoms with E-state index in [4.69, 9.17) is 5.11 Å². The van der Waals surface area contributed by atoms with E-state index in [1.165, 1.54) is 19.1 Å². The molecule has 0 spiro atoms. The number of aliphatic carboxylic acids is 1. The monoisotopic (exact) mass is 287 g/mol. The van der Waals surface area contributed by atoms with Gasteiger partial charge in [0.15, 0.2) is 5.78 Å². The number of halogens is 1. The van der Waals surface area contributed by atoms with Crippen LogP contribution in [0.25, 0.3) is 0 Å². The minimum absolute atomic E-state index is 0.106. The van der Waals surface area contributed by atoms with Gasteiger partial charge in [0.05, 0.1) is 0 Å². The summed E-state index contributed by atoms with van der Waals surface area (Å²) < 4.78 is 13.4. The largest absolute Gasteiger partial charge is 0.480 e. The van der Waals surface area contributed by atoms with E-state index in [0.29, 0.717) is 11.3 Å². The number of anilines is 1. The summed E-state index contributed by atoms with van der Waals surface area (Å²) in [5.74, 6) is -1.98. The smallest absolute Gasteiger partial charge is 0.325 e. The molecule has 1 unspecified atom stereocenters. The number of carbonyl (C=O) groups excluding carboxylic acids is 1. The Kier molecular flexibility index (Phi) is 4.33. The molecule has 0 aliphatic carbocycles. The second-order valence-electron chi connectivity index (χ2n) is 4.59. The lowest BCUT2D eigenvalue weighted by Gasteiger charge is -2.14. The van der Waals surface area contributed by atoms with Gasteiger partial charge in [-0.2, -0.15) is 0 Å². The van der Waals surface area contributed by atoms with Gasteiger partial charge in [0, 0.05) is 16.8 Å². The fraction of sp³-hybridized carbons (Fsp3) is 0.125. The van der Waals surface area contributed by atoms with Gasteiger partial charge < -0.3 is 10.4 Å². The molecule has 21 heavy (non-hydrogen) atoms. The van der Waals surface area contributed by atoms with Crippen molar-refractivity contribution < 1.29 is 19.1 Å². The van der Waals surface area contributed by atoms with Crippen LogP contribution in [0.2, 0.25) is 0 Å². The molecule has 0 saturated heterocycles. The van der Waals surface area contributed by atoms with Crippen molar-refractivity contribution in [2.75, 3.05) is 5.32 Å². The average Bonchev–Trinajstić information content (AvgIpc) is 2.49. The lowest BCUT2D eigenvalue weighted by Crippen LogP contribution is -2.26. The lowest BCUT2D eigenvalue weighted by molar-refractivity contribution is -0.137. The topological polar surface area (TPSA) is 66.4 Å². The first-order valence-corrected chi connectivity index (χ1v) is 6.37. The SMILES string of the molecule is CC(Nc1ccc(F)cc1C(=O)c1ccccc1)C(=O)O. The van der Waals surface area contributed by atoms with Gasteiger partial charge >= 0.3 is 5.97 Å². The van der Waals surface area contributed by atoms with Gasteiger partial charge in [-0.05, 0) is 25.1 Å². The van der Waals surface area contributed by atoms with Crippen LogP contribution in [0.3, 0.4) is 0 Å². The van der Waals surface area contributed by atoms with Gasteiger partial charge in [0.25, 0.3) is 0 Å². The number of nitrogens with one attached hydrogen (secondary N) is 1. The molecule has 0 bridgehead atoms. The average molecular weight is 287 g/mol. The number of carboxylic acid groups (broad SMARTS) is 1. The van der Waals surface area contributed by atoms with Crippen LogP contribution in [-0.2, 0) is 4.79 Å². The van der Waals surface area contributed by atoms with Gasteiger partial charge in [-0.25, -0.2) is 4.39 Å². The van der Waals surface area contributed by atoms with Gasteiger partial charge in [0.2, 0.25) is 0 Å². The Bertz CT molecular complexity index is 670. The fourth-order valence-electron chi connectivity index (χ4n) is 1.87. The Morgan fingerprint density at radius 1 is 1.14 bits per heavy atom. The van der Waals surface area contributed by atoms with Crippen molar-refractivity contribution in [3.8, 4) is 0 Å². The highest BCUT2D eigenvalue weighted by atomic mass is 19.1. The maximum atomic E-state index is 13.4. The zero-order valence-corrected chi connectivity index (χ0v) is 11.3. The molecule has 0 heterocycles. The van der Waals surface area contributed by atoms with Crippen LogP contribution in [-0.4, -0.2) is 22.9 Å². The number of benzene rings is 2. The number of hydrogen-bond acceptors (Lipinski definition) is 3. The van der Waals surface area contributed by atoms with E-state index in [9.17, 15) is 14.0 Å². The van der Waals surface area contributed by atoms with Crippen molar-refractivity contribution >= 4 is 17.4 Å². The Balaban J connectivity index is 2.40. The first-order valence-electron chi connectivity index (χ1n) is 6.37. The standard InChI is InChI=1S/C16H14FNO3/c1-10(16(20)21)18-14-8-7-12(17)9-13(14)15(19)11-5-3-2-4-6-11/h2-10,18H,1H3,(H,20,21). The van der Waals surface area contributed by atoms with E-state index in [2.05, 4.69) is 5.32 Å². The quantitative estimate of drug-likeness (QED) is 0.830. The maximum Gasteiger partial charge on any atom is 0.325 e. The van der Waals surface area contributed by atoms with Gasteiger partial charge in [-0.15, -0.1) is 0 Å². The summed E-state index contributed by atoms with van der Waals surface area (Å²) in [5, 5.41) is 11.6. The van der Waals surface area contributed by atoms with E-state index >= 15 is 0 Å². The van der Waals surface area contributed by atoms with E-state index in [1.54, 1.807) is 30.3 Å². The van der Waals surface area contributed by atoms with Crippen LogP contribution in [0.15, 0.2) is 48.5 Å². The highest BCUT2D eigenvalue weighted by molar-refractivity contribution is 6.12. The number of carbonyl (C=O) groups is 2. The zero-order chi connectivity index (χ0) is 15.4. The number of rotatable bonds is 5. The second kappa shape index (κ2) is 6.17. The molecule has 0 saturated carbocycles. The van der Waals surface area contributed by atoms with Crippen LogP contribution in [0.5, 0.6) is 0 Å². The maximum absolute atomic E-state index is 13.4. The number of ketones is 1. The zero-order valence-electron chi connectivity index (χ0n) is 11.3. The van der Waals surface area contributed by atoms with Crippen molar-refractivity contribution in [3.63, 3.8) is 0 Å². The summed E-state index contributed by atoms with van der Waals surface area (Å²) in [7, 11) is 0. The van der Waals surface area contributed by atoms with Gasteiger partial charge in [-0.3, -0.25) is 9.59 Å². The molecule has 2 aromatic carbocycles. The minimum Gasteiger partial charge on any atom is -0.480 e. The first kappa shape index (κ1) is 14.7. The first-order chi connectivity index (χ1) is 9.99. The molecule has 0 amide bonds. The van der Waals surface area contributed by atoms with E-state index < -0.39 is 17.8 Å². The molecular formula is C16H14FNO3. The number of hydrogen-bond donors (Lipinski definition) is 2. The molecule has 0 radical (unpaired) electrons. The Labute approximate surface area is 121 Å². The van der Waals surface area contributed by atoms with Crippen molar-refractivity contribution in [1.82, 2.24) is 0 Å². The minimum atomic E-state index is -1.06. The molecule has 1 atom stereocenters. The third kappa shape index (κ3) is 3.45. The van der Waals surface area contributed by atoms with Crippen LogP contribution in [0.4, 0.5) is 10.1 Å². The van der Waals surface area contributed by atoms with E-state index in [0.717, 1.165) is 6.07 Å². The predicted molar refractivity (Wildman–Crippen MR) is 77.0 cm³/mol. The van der Waals surface area contributed by atoms with Gasteiger partial charge in [0.1, 0.15) is 11.9 Å². The summed E-state index contributed by atoms with van der Waals surface area (Å²) in [6.45, 7) is 1.45. The predicted octanol–water partition coefficient (Wildman–Crippen LogP) is 2.94. The molecule has 0 aliphatic heterocycles. The summed E-state index contributed by atoms with van der Waals surface area (Å²) in [6.07, 6.45) is 0. The van der Waals surface area contributed by atoms with Crippen LogP contribution in [0, 0.1) is 5.82 Å². The Morgan fingerprint density at radius 3 is 2.43 bits per heavy atom. The third-order valence-electron chi connectivity index (χ3n) is 3.00. The molecular weight excluding hydrogens is 273 g/mol. The summed E-state index contributed by atoms with van der Waals surface area (Å²) in [6, 6.07) is 11.2. The Morgan fingerprint density at radius 2 is 1.81 bits per heavy atom. The molecule has 5 heteroatoms. The van der Waals surface area contributed by atoms with E-state index in [1.807, 2.05) is 0 Å². The molecule has 2 aromatic rings. The van der Waals surface area contributed by atoms with Crippen LogP contribution in [0.1, 0.15) is 22.8 Å². The van der Waals surface area contributed by atoms with Crippen LogP contribution < -0.4 is 5.32 Å². The second-order valence-corrected chi connectivity index (χ2v) is 4.59. The molecule has 0 aromatic heterocycles.